The second-order valence-electron chi connectivity index (χ2n) is 13.6. The summed E-state index contributed by atoms with van der Waals surface area (Å²) in [7, 11) is 0. The molecule has 0 fully saturated rings. The van der Waals surface area contributed by atoms with Crippen molar-refractivity contribution >= 4 is 75.7 Å². The largest absolute Gasteiger partial charge is 0.307 e. The van der Waals surface area contributed by atoms with Crippen LogP contribution in [0, 0.1) is 0 Å². The number of fused-ring (bicyclic) bond motifs is 10. The predicted octanol–water partition coefficient (Wildman–Crippen LogP) is 13.9. The molecule has 0 spiro atoms. The summed E-state index contributed by atoms with van der Waals surface area (Å²) in [4.78, 5) is 0. The Morgan fingerprint density at radius 3 is 1.47 bits per heavy atom. The van der Waals surface area contributed by atoms with Crippen molar-refractivity contribution in [2.24, 2.45) is 0 Å². The van der Waals surface area contributed by atoms with E-state index in [1.807, 2.05) is 0 Å². The molecule has 0 amide bonds. The molecule has 1 heteroatoms. The summed E-state index contributed by atoms with van der Waals surface area (Å²) < 4.78 is 2.57. The Morgan fingerprint density at radius 2 is 0.784 bits per heavy atom. The van der Waals surface area contributed by atoms with Crippen LogP contribution in [0.15, 0.2) is 188 Å². The maximum absolute atomic E-state index is 2.57. The van der Waals surface area contributed by atoms with E-state index in [1.165, 1.54) is 104 Å². The smallest absolute Gasteiger partial charge is 0.0620 e. The van der Waals surface area contributed by atoms with Crippen molar-refractivity contribution in [3.8, 4) is 27.9 Å². The fraction of sp³-hybridized carbons (Fsp3) is 0. The zero-order chi connectivity index (χ0) is 33.5. The van der Waals surface area contributed by atoms with Crippen molar-refractivity contribution < 1.29 is 0 Å². The molecule has 1 nitrogen and oxygen atoms in total. The monoisotopic (exact) mass is 645 g/mol. The molecule has 0 aliphatic rings. The number of hydrogen-bond donors (Lipinski definition) is 0. The average Bonchev–Trinajstić information content (AvgIpc) is 3.55. The average molecular weight is 646 g/mol. The molecule has 0 aliphatic carbocycles. The van der Waals surface area contributed by atoms with Crippen LogP contribution in [0.1, 0.15) is 0 Å². The van der Waals surface area contributed by atoms with E-state index in [1.54, 1.807) is 0 Å². The lowest BCUT2D eigenvalue weighted by molar-refractivity contribution is 1.22. The molecule has 0 unspecified atom stereocenters. The van der Waals surface area contributed by atoms with Gasteiger partial charge in [0, 0.05) is 26.9 Å². The van der Waals surface area contributed by atoms with Crippen molar-refractivity contribution in [2.75, 3.05) is 0 Å². The van der Waals surface area contributed by atoms with Gasteiger partial charge >= 0.3 is 0 Å². The van der Waals surface area contributed by atoms with E-state index in [0.717, 1.165) is 0 Å². The summed E-state index contributed by atoms with van der Waals surface area (Å²) in [5.41, 5.74) is 8.68. The Balaban J connectivity index is 1.24. The van der Waals surface area contributed by atoms with Crippen LogP contribution < -0.4 is 0 Å². The van der Waals surface area contributed by atoms with E-state index in [4.69, 9.17) is 0 Å². The SMILES string of the molecule is c1ccc2c(-c3ccc(-c4c5ccccc5c(-n5c6ccc7ccccc7c6c6ccc7ccccc7c65)c5ccccc45)cc3)cccc2c1. The van der Waals surface area contributed by atoms with Gasteiger partial charge in [-0.05, 0) is 66.0 Å². The fourth-order valence-corrected chi connectivity index (χ4v) is 8.73. The van der Waals surface area contributed by atoms with Crippen LogP contribution >= 0.6 is 0 Å². The standard InChI is InChI=1S/C50H31N/c1-4-16-37-32(12-1)15-11-23-38(37)35-24-26-36(27-25-35)47-41-19-7-9-21-43(41)50(44-22-10-8-20-42(44)47)51-46-31-29-33-13-2-5-17-39(33)48(46)45-30-28-34-14-3-6-18-40(34)49(45)51/h1-31H. The maximum Gasteiger partial charge on any atom is 0.0620 e. The molecule has 1 aromatic heterocycles. The predicted molar refractivity (Wildman–Crippen MR) is 219 cm³/mol. The first-order valence-electron chi connectivity index (χ1n) is 17.7. The van der Waals surface area contributed by atoms with Crippen LogP contribution in [0.5, 0.6) is 0 Å². The minimum Gasteiger partial charge on any atom is -0.307 e. The van der Waals surface area contributed by atoms with Gasteiger partial charge in [0.2, 0.25) is 0 Å². The van der Waals surface area contributed by atoms with Gasteiger partial charge in [0.25, 0.3) is 0 Å². The van der Waals surface area contributed by atoms with Crippen LogP contribution in [0.2, 0.25) is 0 Å². The van der Waals surface area contributed by atoms with Gasteiger partial charge in [-0.2, -0.15) is 0 Å². The molecule has 0 aliphatic heterocycles. The molecule has 0 saturated heterocycles. The van der Waals surface area contributed by atoms with Crippen molar-refractivity contribution in [1.82, 2.24) is 4.57 Å². The minimum atomic E-state index is 1.22. The quantitative estimate of drug-likeness (QED) is 0.169. The van der Waals surface area contributed by atoms with Crippen LogP contribution in [0.4, 0.5) is 0 Å². The van der Waals surface area contributed by atoms with Gasteiger partial charge in [0.15, 0.2) is 0 Å². The van der Waals surface area contributed by atoms with Gasteiger partial charge in [-0.15, -0.1) is 0 Å². The molecule has 51 heavy (non-hydrogen) atoms. The lowest BCUT2D eigenvalue weighted by atomic mass is 9.89. The topological polar surface area (TPSA) is 4.93 Å². The number of rotatable bonds is 3. The molecule has 0 saturated carbocycles. The zero-order valence-corrected chi connectivity index (χ0v) is 27.8. The minimum absolute atomic E-state index is 1.22. The van der Waals surface area contributed by atoms with E-state index in [-0.39, 0.29) is 0 Å². The normalized spacial score (nSPS) is 11.9. The highest BCUT2D eigenvalue weighted by Crippen LogP contribution is 2.46. The van der Waals surface area contributed by atoms with Crippen LogP contribution in [-0.4, -0.2) is 4.57 Å². The molecule has 10 aromatic carbocycles. The lowest BCUT2D eigenvalue weighted by Gasteiger charge is -2.20. The third kappa shape index (κ3) is 4.09. The van der Waals surface area contributed by atoms with Crippen LogP contribution in [0.25, 0.3) is 104 Å². The zero-order valence-electron chi connectivity index (χ0n) is 27.8. The van der Waals surface area contributed by atoms with Gasteiger partial charge < -0.3 is 4.57 Å². The highest BCUT2D eigenvalue weighted by molar-refractivity contribution is 6.28. The van der Waals surface area contributed by atoms with Gasteiger partial charge in [0.05, 0.1) is 16.7 Å². The number of aromatic nitrogens is 1. The Morgan fingerprint density at radius 1 is 0.294 bits per heavy atom. The number of hydrogen-bond acceptors (Lipinski definition) is 0. The second-order valence-corrected chi connectivity index (χ2v) is 13.6. The Labute approximate surface area is 295 Å². The van der Waals surface area contributed by atoms with Gasteiger partial charge in [0.1, 0.15) is 0 Å². The third-order valence-electron chi connectivity index (χ3n) is 10.9. The molecule has 236 valence electrons. The fourth-order valence-electron chi connectivity index (χ4n) is 8.73. The van der Waals surface area contributed by atoms with E-state index in [9.17, 15) is 0 Å². The molecule has 0 N–H and O–H groups in total. The summed E-state index contributed by atoms with van der Waals surface area (Å²) in [6.07, 6.45) is 0. The molecular formula is C50H31N. The second kappa shape index (κ2) is 10.9. The molecule has 11 rings (SSSR count). The molecule has 11 aromatic rings. The van der Waals surface area contributed by atoms with Gasteiger partial charge in [-0.3, -0.25) is 0 Å². The Bertz CT molecular complexity index is 3120. The summed E-state index contributed by atoms with van der Waals surface area (Å²) in [5.74, 6) is 0. The highest BCUT2D eigenvalue weighted by Gasteiger charge is 2.22. The summed E-state index contributed by atoms with van der Waals surface area (Å²) in [6, 6.07) is 69.3. The lowest BCUT2D eigenvalue weighted by Crippen LogP contribution is -1.99. The molecule has 1 heterocycles. The summed E-state index contributed by atoms with van der Waals surface area (Å²) >= 11 is 0. The summed E-state index contributed by atoms with van der Waals surface area (Å²) in [5, 5.41) is 15.1. The van der Waals surface area contributed by atoms with E-state index in [0.29, 0.717) is 0 Å². The van der Waals surface area contributed by atoms with Crippen LogP contribution in [0.3, 0.4) is 0 Å². The molecule has 0 bridgehead atoms. The molecule has 0 atom stereocenters. The Kier molecular flexibility index (Phi) is 6.02. The first kappa shape index (κ1) is 28.2. The summed E-state index contributed by atoms with van der Waals surface area (Å²) in [6.45, 7) is 0. The first-order valence-corrected chi connectivity index (χ1v) is 17.7. The van der Waals surface area contributed by atoms with Crippen LogP contribution in [-0.2, 0) is 0 Å². The molecular weight excluding hydrogens is 615 g/mol. The number of nitrogens with zero attached hydrogens (tertiary/aromatic N) is 1. The third-order valence-corrected chi connectivity index (χ3v) is 10.9. The maximum atomic E-state index is 2.57. The van der Waals surface area contributed by atoms with E-state index < -0.39 is 0 Å². The first-order chi connectivity index (χ1) is 25.3. The van der Waals surface area contributed by atoms with E-state index >= 15 is 0 Å². The number of benzene rings is 10. The molecule has 0 radical (unpaired) electrons. The van der Waals surface area contributed by atoms with Crippen molar-refractivity contribution in [3.05, 3.63) is 188 Å². The van der Waals surface area contributed by atoms with Gasteiger partial charge in [-0.25, -0.2) is 0 Å². The Hall–Kier alpha value is -6.70. The van der Waals surface area contributed by atoms with E-state index in [2.05, 4.69) is 193 Å². The highest BCUT2D eigenvalue weighted by atomic mass is 15.0. The van der Waals surface area contributed by atoms with Crippen molar-refractivity contribution in [1.29, 1.82) is 0 Å². The van der Waals surface area contributed by atoms with Gasteiger partial charge in [-0.1, -0.05) is 182 Å². The van der Waals surface area contributed by atoms with Crippen molar-refractivity contribution in [3.63, 3.8) is 0 Å². The van der Waals surface area contributed by atoms with Crippen molar-refractivity contribution in [2.45, 2.75) is 0 Å².